The minimum atomic E-state index is -0.830. The maximum atomic E-state index is 10.9. The van der Waals surface area contributed by atoms with Gasteiger partial charge >= 0.3 is 5.97 Å². The lowest BCUT2D eigenvalue weighted by Crippen LogP contribution is -2.28. The highest BCUT2D eigenvalue weighted by atomic mass is 32.2. The summed E-state index contributed by atoms with van der Waals surface area (Å²) in [4.78, 5) is 15.4. The van der Waals surface area contributed by atoms with Crippen LogP contribution in [0.1, 0.15) is 5.56 Å². The fraction of sp³-hybridized carbons (Fsp3) is 0.273. The molecular weight excluding hydrogens is 224 g/mol. The molecule has 2 atom stereocenters. The van der Waals surface area contributed by atoms with Gasteiger partial charge in [-0.2, -0.15) is 0 Å². The van der Waals surface area contributed by atoms with Crippen LogP contribution in [0.2, 0.25) is 0 Å². The van der Waals surface area contributed by atoms with Crippen LogP contribution in [0.25, 0.3) is 0 Å². The topological polar surface area (TPSA) is 62.2 Å². The Kier molecular flexibility index (Phi) is 2.14. The SMILES string of the molecule is O=C(O)C1=CC2Cc3cnccc3NC2S1. The number of aliphatic carboxylic acids is 1. The third kappa shape index (κ3) is 1.48. The molecule has 82 valence electrons. The first-order valence-electron chi connectivity index (χ1n) is 5.05. The minimum Gasteiger partial charge on any atom is -0.477 e. The van der Waals surface area contributed by atoms with Crippen molar-refractivity contribution >= 4 is 23.4 Å². The van der Waals surface area contributed by atoms with Crippen molar-refractivity contribution in [3.63, 3.8) is 0 Å². The van der Waals surface area contributed by atoms with Crippen molar-refractivity contribution in [1.82, 2.24) is 4.98 Å². The van der Waals surface area contributed by atoms with E-state index in [1.54, 1.807) is 6.20 Å². The number of pyridine rings is 1. The van der Waals surface area contributed by atoms with Crippen LogP contribution in [0, 0.1) is 5.92 Å². The summed E-state index contributed by atoms with van der Waals surface area (Å²) in [6, 6.07) is 1.94. The monoisotopic (exact) mass is 234 g/mol. The zero-order valence-corrected chi connectivity index (χ0v) is 9.20. The average Bonchev–Trinajstić information content (AvgIpc) is 2.68. The molecular formula is C11H10N2O2S. The number of carboxylic acid groups (broad SMARTS) is 1. The molecule has 2 N–H and O–H groups in total. The summed E-state index contributed by atoms with van der Waals surface area (Å²) < 4.78 is 0. The summed E-state index contributed by atoms with van der Waals surface area (Å²) in [6.45, 7) is 0. The lowest BCUT2D eigenvalue weighted by molar-refractivity contribution is -0.131. The number of carbonyl (C=O) groups is 1. The van der Waals surface area contributed by atoms with E-state index in [0.29, 0.717) is 4.91 Å². The van der Waals surface area contributed by atoms with Crippen molar-refractivity contribution in [2.24, 2.45) is 5.92 Å². The fourth-order valence-electron chi connectivity index (χ4n) is 2.11. The summed E-state index contributed by atoms with van der Waals surface area (Å²) in [7, 11) is 0. The third-order valence-corrected chi connectivity index (χ3v) is 4.16. The zero-order valence-electron chi connectivity index (χ0n) is 8.38. The highest BCUT2D eigenvalue weighted by Crippen LogP contribution is 2.42. The van der Waals surface area contributed by atoms with E-state index in [1.807, 2.05) is 18.3 Å². The number of rotatable bonds is 1. The van der Waals surface area contributed by atoms with E-state index in [4.69, 9.17) is 5.11 Å². The van der Waals surface area contributed by atoms with E-state index >= 15 is 0 Å². The standard InChI is InChI=1S/C11H10N2O2S/c14-11(15)9-4-6-3-7-5-12-2-1-8(7)13-10(6)16-9/h1-2,4-6,10,13H,3H2,(H,14,15). The second-order valence-corrected chi connectivity index (χ2v) is 5.10. The number of aromatic nitrogens is 1. The van der Waals surface area contributed by atoms with Crippen molar-refractivity contribution < 1.29 is 9.90 Å². The van der Waals surface area contributed by atoms with Gasteiger partial charge in [-0.25, -0.2) is 4.79 Å². The summed E-state index contributed by atoms with van der Waals surface area (Å²) in [5.41, 5.74) is 2.23. The van der Waals surface area contributed by atoms with Gasteiger partial charge in [-0.1, -0.05) is 17.8 Å². The number of anilines is 1. The molecule has 0 aromatic carbocycles. The Morgan fingerprint density at radius 3 is 3.31 bits per heavy atom. The molecule has 0 radical (unpaired) electrons. The van der Waals surface area contributed by atoms with Gasteiger partial charge in [0.25, 0.3) is 0 Å². The maximum absolute atomic E-state index is 10.9. The molecule has 0 aliphatic carbocycles. The van der Waals surface area contributed by atoms with Gasteiger partial charge in [-0.05, 0) is 18.1 Å². The quantitative estimate of drug-likeness (QED) is 0.774. The molecule has 2 aliphatic heterocycles. The van der Waals surface area contributed by atoms with Gasteiger partial charge in [0.1, 0.15) is 0 Å². The Morgan fingerprint density at radius 1 is 1.62 bits per heavy atom. The molecule has 2 aliphatic rings. The Hall–Kier alpha value is -1.49. The van der Waals surface area contributed by atoms with Gasteiger partial charge in [0.15, 0.2) is 0 Å². The third-order valence-electron chi connectivity index (χ3n) is 2.88. The van der Waals surface area contributed by atoms with Crippen molar-refractivity contribution in [3.05, 3.63) is 35.0 Å². The first kappa shape index (κ1) is 9.72. The summed E-state index contributed by atoms with van der Waals surface area (Å²) in [5, 5.41) is 12.5. The number of thioether (sulfide) groups is 1. The molecule has 0 amide bonds. The van der Waals surface area contributed by atoms with E-state index in [2.05, 4.69) is 10.3 Å². The highest BCUT2D eigenvalue weighted by molar-refractivity contribution is 8.04. The van der Waals surface area contributed by atoms with Crippen molar-refractivity contribution in [3.8, 4) is 0 Å². The van der Waals surface area contributed by atoms with Crippen LogP contribution >= 0.6 is 11.8 Å². The largest absolute Gasteiger partial charge is 0.477 e. The molecule has 1 aromatic rings. The smallest absolute Gasteiger partial charge is 0.341 e. The Labute approximate surface area is 96.8 Å². The number of hydrogen-bond acceptors (Lipinski definition) is 4. The second kappa shape index (κ2) is 3.52. The zero-order chi connectivity index (χ0) is 11.1. The number of hydrogen-bond donors (Lipinski definition) is 2. The molecule has 3 heterocycles. The number of nitrogens with one attached hydrogen (secondary N) is 1. The van der Waals surface area contributed by atoms with Gasteiger partial charge in [0.05, 0.1) is 10.3 Å². The lowest BCUT2D eigenvalue weighted by Gasteiger charge is -2.28. The Balaban J connectivity index is 1.90. The molecule has 0 saturated carbocycles. The van der Waals surface area contributed by atoms with Crippen molar-refractivity contribution in [2.75, 3.05) is 5.32 Å². The van der Waals surface area contributed by atoms with Crippen LogP contribution in [0.4, 0.5) is 5.69 Å². The van der Waals surface area contributed by atoms with E-state index < -0.39 is 5.97 Å². The molecule has 5 heteroatoms. The first-order valence-corrected chi connectivity index (χ1v) is 5.93. The molecule has 0 bridgehead atoms. The van der Waals surface area contributed by atoms with E-state index in [0.717, 1.165) is 17.7 Å². The minimum absolute atomic E-state index is 0.154. The maximum Gasteiger partial charge on any atom is 0.341 e. The molecule has 0 fully saturated rings. The molecule has 0 saturated heterocycles. The van der Waals surface area contributed by atoms with Crippen molar-refractivity contribution in [2.45, 2.75) is 11.8 Å². The fourth-order valence-corrected chi connectivity index (χ4v) is 3.27. The molecule has 4 nitrogen and oxygen atoms in total. The van der Waals surface area contributed by atoms with Crippen LogP contribution in [0.15, 0.2) is 29.4 Å². The van der Waals surface area contributed by atoms with E-state index in [1.165, 1.54) is 11.8 Å². The van der Waals surface area contributed by atoms with Gasteiger partial charge in [-0.3, -0.25) is 4.98 Å². The predicted octanol–water partition coefficient (Wildman–Crippen LogP) is 1.71. The van der Waals surface area contributed by atoms with Gasteiger partial charge in [-0.15, -0.1) is 0 Å². The van der Waals surface area contributed by atoms with Crippen LogP contribution < -0.4 is 5.32 Å². The van der Waals surface area contributed by atoms with Crippen LogP contribution in [-0.4, -0.2) is 21.4 Å². The lowest BCUT2D eigenvalue weighted by atomic mass is 9.95. The number of nitrogens with zero attached hydrogens (tertiary/aromatic N) is 1. The van der Waals surface area contributed by atoms with E-state index in [9.17, 15) is 4.79 Å². The molecule has 1 aromatic heterocycles. The van der Waals surface area contributed by atoms with E-state index in [-0.39, 0.29) is 11.3 Å². The predicted molar refractivity (Wildman–Crippen MR) is 62.2 cm³/mol. The van der Waals surface area contributed by atoms with Gasteiger partial charge in [0.2, 0.25) is 0 Å². The summed E-state index contributed by atoms with van der Waals surface area (Å²) in [6.07, 6.45) is 6.30. The Bertz CT molecular complexity index is 487. The normalized spacial score (nSPS) is 26.4. The molecule has 16 heavy (non-hydrogen) atoms. The number of carboxylic acids is 1. The Morgan fingerprint density at radius 2 is 2.50 bits per heavy atom. The second-order valence-electron chi connectivity index (χ2n) is 3.92. The molecule has 0 spiro atoms. The molecule has 2 unspecified atom stereocenters. The summed E-state index contributed by atoms with van der Waals surface area (Å²) in [5.74, 6) is -0.573. The average molecular weight is 234 g/mol. The van der Waals surface area contributed by atoms with Crippen molar-refractivity contribution in [1.29, 1.82) is 0 Å². The van der Waals surface area contributed by atoms with Crippen LogP contribution in [0.5, 0.6) is 0 Å². The van der Waals surface area contributed by atoms with Crippen LogP contribution in [-0.2, 0) is 11.2 Å². The summed E-state index contributed by atoms with van der Waals surface area (Å²) >= 11 is 1.40. The molecule has 3 rings (SSSR count). The first-order chi connectivity index (χ1) is 7.74. The van der Waals surface area contributed by atoms with Gasteiger partial charge in [0, 0.05) is 24.0 Å². The van der Waals surface area contributed by atoms with Crippen LogP contribution in [0.3, 0.4) is 0 Å². The highest BCUT2D eigenvalue weighted by Gasteiger charge is 2.35. The van der Waals surface area contributed by atoms with Gasteiger partial charge < -0.3 is 10.4 Å². The number of fused-ring (bicyclic) bond motifs is 2.